The number of ether oxygens (including phenoxy) is 2. The standard InChI is InChI=1S/C90H52F12N2O2/c1-3-51-21-39-61(40-22-51)105-63-43-29-55(30-44-63)89(77-79(93)83(97)87(101)84(98)80(77)94)69-15-7-5-13-65(69)67-47-37-59(49-71(67)89)103(75-19-11-9-17-73(75)91)57-33-25-53(26-34-57)54-27-35-58(36-28-54)104(76-20-12-10-18-74(76)92)60-38-48-68-66-14-6-8-16-70(66)90(72(68)50-60,78-81(95)85(99)88(102)86(100)82(78)96)56-31-45-64(46-32-56)106-62-41-23-52(4-2)24-42-62/h3-50H,1-2H2. The van der Waals surface area contributed by atoms with Crippen LogP contribution in [0.4, 0.5) is 86.8 Å². The van der Waals surface area contributed by atoms with Crippen LogP contribution in [-0.4, -0.2) is 0 Å². The minimum Gasteiger partial charge on any atom is -0.457 e. The molecular formula is C90H52F12N2O2. The van der Waals surface area contributed by atoms with Gasteiger partial charge in [0.2, 0.25) is 11.6 Å². The van der Waals surface area contributed by atoms with E-state index in [0.717, 1.165) is 11.1 Å². The predicted octanol–water partition coefficient (Wildman–Crippen LogP) is 25.6. The molecule has 16 rings (SSSR count). The number of rotatable bonds is 17. The fraction of sp³-hybridized carbons (Fsp3) is 0.0222. The summed E-state index contributed by atoms with van der Waals surface area (Å²) in [4.78, 5) is 3.11. The van der Waals surface area contributed by atoms with Gasteiger partial charge in [-0.25, -0.2) is 52.7 Å². The van der Waals surface area contributed by atoms with Gasteiger partial charge in [0.15, 0.2) is 46.5 Å². The largest absolute Gasteiger partial charge is 0.457 e. The topological polar surface area (TPSA) is 24.9 Å². The van der Waals surface area contributed by atoms with Crippen molar-refractivity contribution in [1.82, 2.24) is 0 Å². The van der Waals surface area contributed by atoms with Crippen molar-refractivity contribution in [3.8, 4) is 56.4 Å². The lowest BCUT2D eigenvalue weighted by Gasteiger charge is -2.35. The molecule has 0 aliphatic heterocycles. The normalized spacial score (nSPS) is 14.6. The molecule has 14 aromatic rings. The molecule has 0 radical (unpaired) electrons. The molecule has 2 aliphatic rings. The van der Waals surface area contributed by atoms with E-state index in [1.807, 2.05) is 0 Å². The summed E-state index contributed by atoms with van der Waals surface area (Å²) in [6.07, 6.45) is 3.32. The van der Waals surface area contributed by atoms with Gasteiger partial charge < -0.3 is 19.3 Å². The van der Waals surface area contributed by atoms with Gasteiger partial charge in [-0.15, -0.1) is 0 Å². The highest BCUT2D eigenvalue weighted by Crippen LogP contribution is 2.61. The Labute approximate surface area is 600 Å². The Kier molecular flexibility index (Phi) is 16.9. The van der Waals surface area contributed by atoms with Crippen LogP contribution in [0, 0.1) is 69.8 Å². The third kappa shape index (κ3) is 10.8. The highest BCUT2D eigenvalue weighted by Gasteiger charge is 2.53. The number of halogens is 12. The molecule has 0 amide bonds. The van der Waals surface area contributed by atoms with Crippen LogP contribution >= 0.6 is 0 Å². The Morgan fingerprint density at radius 2 is 0.547 bits per heavy atom. The molecule has 0 aromatic heterocycles. The SMILES string of the molecule is C=Cc1ccc(Oc2ccc(C3(c4c(F)c(F)c(F)c(F)c4F)c4ccccc4-c4ccc(N(c5ccc(-c6ccc(N(c7ccc8c(c7)C(c7ccc(Oc9ccc(C=C)cc9)cc7)(c7c(F)c(F)c(F)c(F)c7F)c7ccccc7-8)c7ccccc7F)cc6)cc5)c5ccccc5F)cc43)cc2)cc1. The van der Waals surface area contributed by atoms with Crippen molar-refractivity contribution in [3.05, 3.63) is 418 Å². The highest BCUT2D eigenvalue weighted by molar-refractivity contribution is 5.92. The average molecular weight is 1420 g/mol. The van der Waals surface area contributed by atoms with Crippen molar-refractivity contribution in [2.75, 3.05) is 9.80 Å². The number of hydrogen-bond acceptors (Lipinski definition) is 4. The lowest BCUT2D eigenvalue weighted by atomic mass is 9.67. The molecule has 2 unspecified atom stereocenters. The van der Waals surface area contributed by atoms with E-state index in [1.165, 1.54) is 84.9 Å². The van der Waals surface area contributed by atoms with Gasteiger partial charge in [0.25, 0.3) is 0 Å². The van der Waals surface area contributed by atoms with Crippen LogP contribution in [0.2, 0.25) is 0 Å². The third-order valence-corrected chi connectivity index (χ3v) is 19.8. The van der Waals surface area contributed by atoms with Gasteiger partial charge in [-0.05, 0) is 199 Å². The first-order valence-electron chi connectivity index (χ1n) is 33.3. The molecule has 518 valence electrons. The molecular weight excluding hydrogens is 1370 g/mol. The zero-order chi connectivity index (χ0) is 73.4. The summed E-state index contributed by atoms with van der Waals surface area (Å²) in [6, 6.07) is 74.4. The van der Waals surface area contributed by atoms with Gasteiger partial charge in [0.1, 0.15) is 34.6 Å². The van der Waals surface area contributed by atoms with Gasteiger partial charge in [-0.1, -0.05) is 183 Å². The number of hydrogen-bond donors (Lipinski definition) is 0. The summed E-state index contributed by atoms with van der Waals surface area (Å²) in [5.74, 6) is -21.5. The van der Waals surface area contributed by atoms with Crippen LogP contribution in [0.25, 0.3) is 45.5 Å². The van der Waals surface area contributed by atoms with E-state index in [0.29, 0.717) is 56.3 Å². The van der Waals surface area contributed by atoms with E-state index in [1.54, 1.807) is 216 Å². The maximum atomic E-state index is 17.1. The number of fused-ring (bicyclic) bond motifs is 6. The van der Waals surface area contributed by atoms with E-state index < -0.39 is 91.8 Å². The quantitative estimate of drug-likeness (QED) is 0.0515. The Bertz CT molecular complexity index is 5440. The van der Waals surface area contributed by atoms with Crippen LogP contribution in [0.1, 0.15) is 55.6 Å². The fourth-order valence-corrected chi connectivity index (χ4v) is 15.0. The Hall–Kier alpha value is -13.1. The first kappa shape index (κ1) is 67.4. The third-order valence-electron chi connectivity index (χ3n) is 19.8. The molecule has 0 N–H and O–H groups in total. The molecule has 14 aromatic carbocycles. The Balaban J connectivity index is 0.799. The van der Waals surface area contributed by atoms with E-state index in [2.05, 4.69) is 13.2 Å². The van der Waals surface area contributed by atoms with Crippen LogP contribution in [0.3, 0.4) is 0 Å². The summed E-state index contributed by atoms with van der Waals surface area (Å²) < 4.78 is 208. The number of para-hydroxylation sites is 2. The monoisotopic (exact) mass is 1420 g/mol. The number of benzene rings is 14. The lowest BCUT2D eigenvalue weighted by molar-refractivity contribution is 0.363. The molecule has 4 nitrogen and oxygen atoms in total. The van der Waals surface area contributed by atoms with Crippen molar-refractivity contribution < 1.29 is 62.2 Å². The summed E-state index contributed by atoms with van der Waals surface area (Å²) in [5, 5.41) is 0. The summed E-state index contributed by atoms with van der Waals surface area (Å²) in [5.41, 5.74) is -0.398. The molecule has 0 saturated heterocycles. The van der Waals surface area contributed by atoms with Crippen LogP contribution < -0.4 is 19.3 Å². The molecule has 0 saturated carbocycles. The minimum atomic E-state index is -2.35. The van der Waals surface area contributed by atoms with Crippen LogP contribution in [0.15, 0.2) is 292 Å². The van der Waals surface area contributed by atoms with Crippen LogP contribution in [0.5, 0.6) is 23.0 Å². The zero-order valence-corrected chi connectivity index (χ0v) is 55.4. The highest BCUT2D eigenvalue weighted by atomic mass is 19.2. The summed E-state index contributed by atoms with van der Waals surface area (Å²) in [7, 11) is 0. The first-order chi connectivity index (χ1) is 51.4. The lowest BCUT2D eigenvalue weighted by Crippen LogP contribution is -2.32. The fourth-order valence-electron chi connectivity index (χ4n) is 15.0. The predicted molar refractivity (Wildman–Crippen MR) is 389 cm³/mol. The Morgan fingerprint density at radius 3 is 0.877 bits per heavy atom. The van der Waals surface area contributed by atoms with Crippen molar-refractivity contribution in [2.45, 2.75) is 10.8 Å². The second kappa shape index (κ2) is 26.6. The van der Waals surface area contributed by atoms with Crippen LogP contribution in [-0.2, 0) is 10.8 Å². The minimum absolute atomic E-state index is 0.0157. The smallest absolute Gasteiger partial charge is 0.200 e. The van der Waals surface area contributed by atoms with Crippen molar-refractivity contribution >= 4 is 46.3 Å². The second-order valence-electron chi connectivity index (χ2n) is 25.4. The maximum absolute atomic E-state index is 17.1. The van der Waals surface area contributed by atoms with Crippen molar-refractivity contribution in [1.29, 1.82) is 0 Å². The number of nitrogens with zero attached hydrogens (tertiary/aromatic N) is 2. The van der Waals surface area contributed by atoms with Gasteiger partial charge in [0, 0.05) is 33.9 Å². The second-order valence-corrected chi connectivity index (χ2v) is 25.4. The zero-order valence-electron chi connectivity index (χ0n) is 55.4. The molecule has 2 aliphatic carbocycles. The Morgan fingerprint density at radius 1 is 0.264 bits per heavy atom. The van der Waals surface area contributed by atoms with Gasteiger partial charge in [-0.2, -0.15) is 0 Å². The molecule has 0 fully saturated rings. The van der Waals surface area contributed by atoms with Crippen molar-refractivity contribution in [2.24, 2.45) is 0 Å². The van der Waals surface area contributed by atoms with Gasteiger partial charge in [-0.3, -0.25) is 0 Å². The van der Waals surface area contributed by atoms with E-state index in [4.69, 9.17) is 9.47 Å². The molecule has 16 heteroatoms. The van der Waals surface area contributed by atoms with Gasteiger partial charge in [0.05, 0.1) is 22.2 Å². The van der Waals surface area contributed by atoms with E-state index >= 15 is 52.7 Å². The summed E-state index contributed by atoms with van der Waals surface area (Å²) >= 11 is 0. The average Bonchev–Trinajstić information content (AvgIpc) is 1.51. The molecule has 106 heavy (non-hydrogen) atoms. The number of anilines is 6. The maximum Gasteiger partial charge on any atom is 0.200 e. The summed E-state index contributed by atoms with van der Waals surface area (Å²) in [6.45, 7) is 7.57. The van der Waals surface area contributed by atoms with Crippen molar-refractivity contribution in [3.63, 3.8) is 0 Å². The first-order valence-corrected chi connectivity index (χ1v) is 33.3. The molecule has 0 bridgehead atoms. The molecule has 2 atom stereocenters. The molecule has 0 spiro atoms. The van der Waals surface area contributed by atoms with E-state index in [9.17, 15) is 0 Å². The molecule has 0 heterocycles. The van der Waals surface area contributed by atoms with Gasteiger partial charge >= 0.3 is 0 Å². The van der Waals surface area contributed by atoms with E-state index in [-0.39, 0.29) is 67.6 Å².